The summed E-state index contributed by atoms with van der Waals surface area (Å²) >= 11 is 11.5. The Morgan fingerprint density at radius 1 is 1.48 bits per heavy atom. The first kappa shape index (κ1) is 15.7. The number of nitrogens with zero attached hydrogens (tertiary/aromatic N) is 3. The number of esters is 1. The maximum absolute atomic E-state index is 11.6. The van der Waals surface area contributed by atoms with Gasteiger partial charge in [0.1, 0.15) is 4.33 Å². The summed E-state index contributed by atoms with van der Waals surface area (Å²) in [4.78, 5) is 21.9. The zero-order valence-corrected chi connectivity index (χ0v) is 13.0. The van der Waals surface area contributed by atoms with Crippen LogP contribution in [0.4, 0.5) is 5.69 Å². The van der Waals surface area contributed by atoms with Gasteiger partial charge in [-0.3, -0.25) is 14.9 Å². The van der Waals surface area contributed by atoms with Gasteiger partial charge in [-0.25, -0.2) is 0 Å². The molecule has 23 heavy (non-hydrogen) atoms. The van der Waals surface area contributed by atoms with E-state index in [1.807, 2.05) is 0 Å². The van der Waals surface area contributed by atoms with Crippen molar-refractivity contribution in [3.8, 4) is 11.5 Å². The summed E-state index contributed by atoms with van der Waals surface area (Å²) in [7, 11) is 0. The van der Waals surface area contributed by atoms with Crippen molar-refractivity contribution >= 4 is 34.9 Å². The highest BCUT2D eigenvalue weighted by molar-refractivity contribution is 6.52. The molecule has 0 amide bonds. The number of benzene rings is 1. The van der Waals surface area contributed by atoms with E-state index in [2.05, 4.69) is 10.2 Å². The number of aromatic nitrogens is 2. The normalized spacial score (nSPS) is 18.4. The molecule has 1 saturated carbocycles. The highest BCUT2D eigenvalue weighted by Gasteiger charge is 2.57. The molecule has 0 N–H and O–H groups in total. The van der Waals surface area contributed by atoms with Crippen molar-refractivity contribution < 1.29 is 18.9 Å². The molecule has 1 aliphatic rings. The lowest BCUT2D eigenvalue weighted by Crippen LogP contribution is -2.10. The maximum Gasteiger partial charge on any atom is 0.312 e. The summed E-state index contributed by atoms with van der Waals surface area (Å²) in [6, 6.07) is 5.76. The Morgan fingerprint density at radius 3 is 2.87 bits per heavy atom. The Morgan fingerprint density at radius 2 is 2.22 bits per heavy atom. The zero-order valence-electron chi connectivity index (χ0n) is 11.4. The van der Waals surface area contributed by atoms with E-state index < -0.39 is 21.1 Å². The minimum atomic E-state index is -1.06. The molecule has 1 atom stereocenters. The van der Waals surface area contributed by atoms with Gasteiger partial charge in [-0.05, 0) is 12.5 Å². The van der Waals surface area contributed by atoms with Crippen LogP contribution in [0.1, 0.15) is 12.3 Å². The van der Waals surface area contributed by atoms with Crippen molar-refractivity contribution in [2.75, 3.05) is 0 Å². The van der Waals surface area contributed by atoms with Crippen molar-refractivity contribution in [3.63, 3.8) is 0 Å². The Bertz CT molecular complexity index is 776. The van der Waals surface area contributed by atoms with Gasteiger partial charge in [0, 0.05) is 17.7 Å². The average molecular weight is 358 g/mol. The fraction of sp³-hybridized carbons (Fsp3) is 0.308. The largest absolute Gasteiger partial charge is 0.455 e. The Hall–Kier alpha value is -2.19. The van der Waals surface area contributed by atoms with E-state index >= 15 is 0 Å². The van der Waals surface area contributed by atoms with Crippen molar-refractivity contribution in [1.82, 2.24) is 10.2 Å². The van der Waals surface area contributed by atoms with E-state index in [1.165, 1.54) is 18.2 Å². The van der Waals surface area contributed by atoms with Crippen LogP contribution in [0.2, 0.25) is 0 Å². The third-order valence-electron chi connectivity index (χ3n) is 3.22. The number of alkyl halides is 2. The highest BCUT2D eigenvalue weighted by Crippen LogP contribution is 2.53. The van der Waals surface area contributed by atoms with Gasteiger partial charge in [0.25, 0.3) is 11.6 Å². The number of carbonyl (C=O) groups excluding carboxylic acids is 1. The molecule has 120 valence electrons. The van der Waals surface area contributed by atoms with Crippen LogP contribution < -0.4 is 0 Å². The predicted molar refractivity (Wildman–Crippen MR) is 78.7 cm³/mol. The number of halogens is 2. The molecular formula is C13H9Cl2N3O5. The topological polar surface area (TPSA) is 108 Å². The predicted octanol–water partition coefficient (Wildman–Crippen LogP) is 2.88. The minimum Gasteiger partial charge on any atom is -0.455 e. The summed E-state index contributed by atoms with van der Waals surface area (Å²) < 4.78 is 9.25. The summed E-state index contributed by atoms with van der Waals surface area (Å²) in [5, 5.41) is 18.2. The second-order valence-electron chi connectivity index (χ2n) is 4.93. The van der Waals surface area contributed by atoms with Crippen LogP contribution in [0.15, 0.2) is 28.7 Å². The van der Waals surface area contributed by atoms with Gasteiger partial charge in [-0.2, -0.15) is 0 Å². The third kappa shape index (κ3) is 3.43. The lowest BCUT2D eigenvalue weighted by Gasteiger charge is -2.01. The monoisotopic (exact) mass is 357 g/mol. The van der Waals surface area contributed by atoms with Crippen molar-refractivity contribution in [2.45, 2.75) is 17.4 Å². The number of non-ortho nitro benzene ring substituents is 1. The van der Waals surface area contributed by atoms with E-state index in [9.17, 15) is 14.9 Å². The van der Waals surface area contributed by atoms with E-state index in [4.69, 9.17) is 32.4 Å². The first-order valence-corrected chi connectivity index (χ1v) is 7.24. The summed E-state index contributed by atoms with van der Waals surface area (Å²) in [5.74, 6) is -0.930. The number of carbonyl (C=O) groups is 1. The Kier molecular flexibility index (Phi) is 3.95. The van der Waals surface area contributed by atoms with Gasteiger partial charge in [0.15, 0.2) is 6.61 Å². The lowest BCUT2D eigenvalue weighted by molar-refractivity contribution is -0.384. The quantitative estimate of drug-likeness (QED) is 0.350. The first-order valence-electron chi connectivity index (χ1n) is 6.48. The van der Waals surface area contributed by atoms with Crippen LogP contribution in [0.25, 0.3) is 11.5 Å². The van der Waals surface area contributed by atoms with Gasteiger partial charge in [-0.1, -0.05) is 6.07 Å². The molecule has 0 unspecified atom stereocenters. The molecule has 1 heterocycles. The van der Waals surface area contributed by atoms with Crippen LogP contribution in [0.5, 0.6) is 0 Å². The molecule has 0 saturated heterocycles. The van der Waals surface area contributed by atoms with Crippen molar-refractivity contribution in [3.05, 3.63) is 40.3 Å². The molecule has 0 aliphatic heterocycles. The summed E-state index contributed by atoms with van der Waals surface area (Å²) in [6.07, 6.45) is 0.345. The van der Waals surface area contributed by atoms with Crippen LogP contribution in [0, 0.1) is 16.0 Å². The van der Waals surface area contributed by atoms with Crippen LogP contribution in [0.3, 0.4) is 0 Å². The van der Waals surface area contributed by atoms with Crippen LogP contribution in [-0.2, 0) is 16.1 Å². The van der Waals surface area contributed by atoms with E-state index in [0.717, 1.165) is 0 Å². The molecule has 1 aromatic heterocycles. The molecular weight excluding hydrogens is 349 g/mol. The van der Waals surface area contributed by atoms with E-state index in [0.29, 0.717) is 12.0 Å². The van der Waals surface area contributed by atoms with Crippen LogP contribution >= 0.6 is 23.2 Å². The number of nitro groups is 1. The fourth-order valence-corrected chi connectivity index (χ4v) is 2.37. The fourth-order valence-electron chi connectivity index (χ4n) is 1.88. The number of hydrogen-bond donors (Lipinski definition) is 0. The molecule has 0 radical (unpaired) electrons. The second-order valence-corrected chi connectivity index (χ2v) is 6.48. The number of hydrogen-bond acceptors (Lipinski definition) is 7. The van der Waals surface area contributed by atoms with Crippen molar-refractivity contribution in [1.29, 1.82) is 0 Å². The van der Waals surface area contributed by atoms with Gasteiger partial charge >= 0.3 is 5.97 Å². The summed E-state index contributed by atoms with van der Waals surface area (Å²) in [6.45, 7) is -0.221. The molecule has 10 heteroatoms. The Labute approximate surface area is 139 Å². The highest BCUT2D eigenvalue weighted by atomic mass is 35.5. The molecule has 0 bridgehead atoms. The third-order valence-corrected chi connectivity index (χ3v) is 4.05. The molecule has 8 nitrogen and oxygen atoms in total. The first-order chi connectivity index (χ1) is 10.9. The SMILES string of the molecule is O=C(OCc1nnc(-c2cccc([N+](=O)[O-])c2)o1)[C@H]1CC1(Cl)Cl. The van der Waals surface area contributed by atoms with Gasteiger partial charge < -0.3 is 9.15 Å². The zero-order chi connectivity index (χ0) is 16.6. The van der Waals surface area contributed by atoms with E-state index in [-0.39, 0.29) is 24.1 Å². The molecule has 2 aromatic rings. The number of nitro benzene ring substituents is 1. The maximum atomic E-state index is 11.6. The van der Waals surface area contributed by atoms with Gasteiger partial charge in [-0.15, -0.1) is 33.4 Å². The number of ether oxygens (including phenoxy) is 1. The molecule has 0 spiro atoms. The lowest BCUT2D eigenvalue weighted by atomic mass is 10.2. The standard InChI is InChI=1S/C13H9Cl2N3O5/c14-13(15)5-9(13)12(19)22-6-10-16-17-11(23-10)7-2-1-3-8(4-7)18(20)21/h1-4,9H,5-6H2/t9-/m1/s1. The molecule has 1 aliphatic carbocycles. The molecule has 3 rings (SSSR count). The molecule has 1 aromatic carbocycles. The number of rotatable bonds is 5. The van der Waals surface area contributed by atoms with E-state index in [1.54, 1.807) is 6.07 Å². The molecule has 1 fully saturated rings. The van der Waals surface area contributed by atoms with Gasteiger partial charge in [0.2, 0.25) is 5.89 Å². The van der Waals surface area contributed by atoms with Crippen LogP contribution in [-0.4, -0.2) is 25.4 Å². The minimum absolute atomic E-state index is 0.0650. The second kappa shape index (κ2) is 5.78. The Balaban J connectivity index is 1.65. The van der Waals surface area contributed by atoms with Crippen molar-refractivity contribution in [2.24, 2.45) is 5.92 Å². The smallest absolute Gasteiger partial charge is 0.312 e. The average Bonchev–Trinajstić information content (AvgIpc) is 2.96. The summed E-state index contributed by atoms with van der Waals surface area (Å²) in [5.41, 5.74) is 0.301. The van der Waals surface area contributed by atoms with Gasteiger partial charge in [0.05, 0.1) is 10.8 Å².